The van der Waals surface area contributed by atoms with E-state index in [-0.39, 0.29) is 17.9 Å². The number of anilines is 1. The Morgan fingerprint density at radius 2 is 2.00 bits per heavy atom. The maximum atomic E-state index is 13.0. The van der Waals surface area contributed by atoms with Crippen molar-refractivity contribution in [2.45, 2.75) is 13.3 Å². The van der Waals surface area contributed by atoms with Crippen LogP contribution in [0.5, 0.6) is 0 Å². The van der Waals surface area contributed by atoms with Crippen LogP contribution in [-0.4, -0.2) is 46.3 Å². The van der Waals surface area contributed by atoms with Gasteiger partial charge in [-0.3, -0.25) is 9.48 Å². The number of aryl methyl sites for hydroxylation is 2. The van der Waals surface area contributed by atoms with Crippen LogP contribution in [0.15, 0.2) is 48.5 Å². The Kier molecular flexibility index (Phi) is 5.20. The summed E-state index contributed by atoms with van der Waals surface area (Å²) < 4.78 is 1.74. The second kappa shape index (κ2) is 7.95. The molecule has 1 aromatic heterocycles. The van der Waals surface area contributed by atoms with E-state index in [1.54, 1.807) is 4.68 Å². The molecule has 29 heavy (non-hydrogen) atoms. The zero-order valence-corrected chi connectivity index (χ0v) is 16.7. The molecule has 2 heterocycles. The number of benzene rings is 2. The smallest absolute Gasteiger partial charge is 0.319 e. The van der Waals surface area contributed by atoms with Gasteiger partial charge in [-0.2, -0.15) is 5.10 Å². The first-order valence-electron chi connectivity index (χ1n) is 9.84. The van der Waals surface area contributed by atoms with Gasteiger partial charge in [0.05, 0.1) is 5.52 Å². The summed E-state index contributed by atoms with van der Waals surface area (Å²) in [6.07, 6.45) is 0.862. The van der Waals surface area contributed by atoms with E-state index in [0.29, 0.717) is 25.3 Å². The molecule has 0 spiro atoms. The molecule has 1 unspecified atom stereocenters. The number of para-hydroxylation sites is 1. The first kappa shape index (κ1) is 19.0. The summed E-state index contributed by atoms with van der Waals surface area (Å²) in [6.45, 7) is 3.81. The van der Waals surface area contributed by atoms with Crippen LogP contribution in [-0.2, 0) is 7.05 Å². The van der Waals surface area contributed by atoms with E-state index in [9.17, 15) is 9.59 Å². The van der Waals surface area contributed by atoms with Gasteiger partial charge in [-0.25, -0.2) is 4.79 Å². The van der Waals surface area contributed by atoms with Gasteiger partial charge in [-0.1, -0.05) is 30.3 Å². The number of urea groups is 1. The summed E-state index contributed by atoms with van der Waals surface area (Å²) in [5.74, 6) is 0.186. The maximum absolute atomic E-state index is 13.0. The third kappa shape index (κ3) is 4.08. The van der Waals surface area contributed by atoms with Gasteiger partial charge < -0.3 is 15.5 Å². The third-order valence-corrected chi connectivity index (χ3v) is 5.36. The highest BCUT2D eigenvalue weighted by molar-refractivity contribution is 6.04. The molecule has 0 saturated carbocycles. The van der Waals surface area contributed by atoms with E-state index in [1.165, 1.54) is 0 Å². The van der Waals surface area contributed by atoms with Gasteiger partial charge in [0, 0.05) is 37.8 Å². The van der Waals surface area contributed by atoms with E-state index >= 15 is 0 Å². The highest BCUT2D eigenvalue weighted by atomic mass is 16.2. The minimum Gasteiger partial charge on any atom is -0.338 e. The number of nitrogens with one attached hydrogen (secondary N) is 2. The standard InChI is InChI=1S/C22H25N5O2/c1-15-6-5-7-17(12-15)24-22(29)23-13-16-10-11-27(14-16)21(28)20-18-8-3-4-9-19(18)26(2)25-20/h3-9,12,16H,10-11,13-14H2,1-2H3,(H2,23,24,29). The Labute approximate surface area is 169 Å². The number of likely N-dealkylation sites (tertiary alicyclic amines) is 1. The lowest BCUT2D eigenvalue weighted by molar-refractivity contribution is 0.0782. The highest BCUT2D eigenvalue weighted by Gasteiger charge is 2.29. The fourth-order valence-corrected chi connectivity index (χ4v) is 3.84. The van der Waals surface area contributed by atoms with E-state index in [1.807, 2.05) is 67.4 Å². The molecule has 7 heteroatoms. The predicted octanol–water partition coefficient (Wildman–Crippen LogP) is 3.17. The molecule has 4 rings (SSSR count). The van der Waals surface area contributed by atoms with Crippen molar-refractivity contribution in [2.24, 2.45) is 13.0 Å². The molecule has 0 bridgehead atoms. The molecule has 2 aromatic carbocycles. The summed E-state index contributed by atoms with van der Waals surface area (Å²) in [4.78, 5) is 27.0. The summed E-state index contributed by atoms with van der Waals surface area (Å²) in [5, 5.41) is 11.1. The second-order valence-corrected chi connectivity index (χ2v) is 7.60. The van der Waals surface area contributed by atoms with Crippen molar-refractivity contribution in [3.05, 3.63) is 59.8 Å². The first-order chi connectivity index (χ1) is 14.0. The Bertz CT molecular complexity index is 1060. The van der Waals surface area contributed by atoms with Crippen molar-refractivity contribution >= 4 is 28.5 Å². The number of hydrogen-bond donors (Lipinski definition) is 2. The normalized spacial score (nSPS) is 16.2. The molecule has 0 aliphatic carbocycles. The molecule has 1 saturated heterocycles. The van der Waals surface area contributed by atoms with Gasteiger partial charge in [0.1, 0.15) is 0 Å². The van der Waals surface area contributed by atoms with Crippen LogP contribution in [0.2, 0.25) is 0 Å². The molecular weight excluding hydrogens is 366 g/mol. The van der Waals surface area contributed by atoms with E-state index < -0.39 is 0 Å². The Morgan fingerprint density at radius 1 is 1.17 bits per heavy atom. The van der Waals surface area contributed by atoms with Crippen molar-refractivity contribution in [2.75, 3.05) is 25.0 Å². The first-order valence-corrected chi connectivity index (χ1v) is 9.84. The van der Waals surface area contributed by atoms with Gasteiger partial charge >= 0.3 is 6.03 Å². The van der Waals surface area contributed by atoms with Crippen LogP contribution in [0.4, 0.5) is 10.5 Å². The molecule has 1 fully saturated rings. The number of aromatic nitrogens is 2. The van der Waals surface area contributed by atoms with Crippen molar-refractivity contribution in [1.82, 2.24) is 20.0 Å². The number of fused-ring (bicyclic) bond motifs is 1. The second-order valence-electron chi connectivity index (χ2n) is 7.60. The molecule has 0 radical (unpaired) electrons. The van der Waals surface area contributed by atoms with Gasteiger partial charge in [0.2, 0.25) is 0 Å². The third-order valence-electron chi connectivity index (χ3n) is 5.36. The van der Waals surface area contributed by atoms with Crippen LogP contribution >= 0.6 is 0 Å². The predicted molar refractivity (Wildman–Crippen MR) is 113 cm³/mol. The Balaban J connectivity index is 1.33. The Hall–Kier alpha value is -3.35. The van der Waals surface area contributed by atoms with Gasteiger partial charge in [-0.15, -0.1) is 0 Å². The number of carbonyl (C=O) groups is 2. The summed E-state index contributed by atoms with van der Waals surface area (Å²) in [5.41, 5.74) is 3.30. The highest BCUT2D eigenvalue weighted by Crippen LogP contribution is 2.23. The van der Waals surface area contributed by atoms with Gasteiger partial charge in [-0.05, 0) is 43.0 Å². The number of hydrogen-bond acceptors (Lipinski definition) is 3. The topological polar surface area (TPSA) is 79.3 Å². The molecule has 1 aliphatic rings. The lowest BCUT2D eigenvalue weighted by atomic mass is 10.1. The maximum Gasteiger partial charge on any atom is 0.319 e. The Morgan fingerprint density at radius 3 is 2.83 bits per heavy atom. The monoisotopic (exact) mass is 391 g/mol. The molecular formula is C22H25N5O2. The lowest BCUT2D eigenvalue weighted by Gasteiger charge is -2.16. The molecule has 2 N–H and O–H groups in total. The average Bonchev–Trinajstić information content (AvgIpc) is 3.31. The largest absolute Gasteiger partial charge is 0.338 e. The van der Waals surface area contributed by atoms with E-state index in [4.69, 9.17) is 0 Å². The van der Waals surface area contributed by atoms with Gasteiger partial charge in [0.25, 0.3) is 5.91 Å². The van der Waals surface area contributed by atoms with E-state index in [0.717, 1.165) is 28.6 Å². The fourth-order valence-electron chi connectivity index (χ4n) is 3.84. The van der Waals surface area contributed by atoms with Gasteiger partial charge in [0.15, 0.2) is 5.69 Å². The molecule has 3 amide bonds. The quantitative estimate of drug-likeness (QED) is 0.717. The molecule has 1 atom stereocenters. The van der Waals surface area contributed by atoms with Crippen LogP contribution in [0.3, 0.4) is 0 Å². The number of nitrogens with zero attached hydrogens (tertiary/aromatic N) is 3. The average molecular weight is 391 g/mol. The SMILES string of the molecule is Cc1cccc(NC(=O)NCC2CCN(C(=O)c3nn(C)c4ccccc34)C2)c1. The van der Waals surface area contributed by atoms with Crippen molar-refractivity contribution in [3.63, 3.8) is 0 Å². The minimum absolute atomic E-state index is 0.0477. The van der Waals surface area contributed by atoms with Crippen LogP contribution in [0.1, 0.15) is 22.5 Å². The number of amides is 3. The van der Waals surface area contributed by atoms with Crippen LogP contribution < -0.4 is 10.6 Å². The molecule has 150 valence electrons. The minimum atomic E-state index is -0.226. The molecule has 3 aromatic rings. The van der Waals surface area contributed by atoms with Crippen molar-refractivity contribution in [3.8, 4) is 0 Å². The van der Waals surface area contributed by atoms with Crippen LogP contribution in [0, 0.1) is 12.8 Å². The number of carbonyl (C=O) groups excluding carboxylic acids is 2. The van der Waals surface area contributed by atoms with Crippen LogP contribution in [0.25, 0.3) is 10.9 Å². The fraction of sp³-hybridized carbons (Fsp3) is 0.318. The zero-order chi connectivity index (χ0) is 20.4. The summed E-state index contributed by atoms with van der Waals surface area (Å²) in [7, 11) is 1.85. The summed E-state index contributed by atoms with van der Waals surface area (Å²) in [6, 6.07) is 15.2. The van der Waals surface area contributed by atoms with E-state index in [2.05, 4.69) is 15.7 Å². The van der Waals surface area contributed by atoms with Crippen molar-refractivity contribution < 1.29 is 9.59 Å². The zero-order valence-electron chi connectivity index (χ0n) is 16.7. The molecule has 1 aliphatic heterocycles. The number of rotatable bonds is 4. The lowest BCUT2D eigenvalue weighted by Crippen LogP contribution is -2.35. The van der Waals surface area contributed by atoms with Crippen molar-refractivity contribution in [1.29, 1.82) is 0 Å². The summed E-state index contributed by atoms with van der Waals surface area (Å²) >= 11 is 0. The molecule has 7 nitrogen and oxygen atoms in total.